The molecule has 1 aromatic heterocycles. The number of aryl methyl sites for hydroxylation is 1. The smallest absolute Gasteiger partial charge is 0.272 e. The van der Waals surface area contributed by atoms with Crippen LogP contribution in [0.2, 0.25) is 0 Å². The summed E-state index contributed by atoms with van der Waals surface area (Å²) in [5.41, 5.74) is 7.11. The number of hydrogen-bond acceptors (Lipinski definition) is 3. The van der Waals surface area contributed by atoms with E-state index in [1.807, 2.05) is 18.2 Å². The zero-order valence-corrected chi connectivity index (χ0v) is 13.3. The topological polar surface area (TPSA) is 70.1 Å². The third kappa shape index (κ3) is 2.82. The lowest BCUT2D eigenvalue weighted by molar-refractivity contribution is 0.0949. The summed E-state index contributed by atoms with van der Waals surface area (Å²) in [7, 11) is 0. The van der Waals surface area contributed by atoms with E-state index in [4.69, 9.17) is 0 Å². The second-order valence-corrected chi connectivity index (χ2v) is 5.80. The predicted octanol–water partition coefficient (Wildman–Crippen LogP) is 3.08. The molecule has 0 saturated heterocycles. The number of rotatable bonds is 3. The van der Waals surface area contributed by atoms with Gasteiger partial charge < -0.3 is 0 Å². The first-order valence-corrected chi connectivity index (χ1v) is 7.97. The Kier molecular flexibility index (Phi) is 3.85. The quantitative estimate of drug-likeness (QED) is 0.571. The van der Waals surface area contributed by atoms with Gasteiger partial charge in [0.25, 0.3) is 5.91 Å². The molecule has 0 atom stereocenters. The Hall–Kier alpha value is -3.28. The molecule has 1 aliphatic carbocycles. The highest BCUT2D eigenvalue weighted by Gasteiger charge is 2.24. The number of hydrazone groups is 1. The van der Waals surface area contributed by atoms with Crippen molar-refractivity contribution >= 4 is 12.1 Å². The van der Waals surface area contributed by atoms with Crippen molar-refractivity contribution in [3.8, 4) is 11.3 Å². The van der Waals surface area contributed by atoms with Gasteiger partial charge in [-0.05, 0) is 24.5 Å². The number of nitrogens with zero attached hydrogens (tertiary/aromatic N) is 2. The van der Waals surface area contributed by atoms with E-state index in [2.05, 4.69) is 26.8 Å². The first kappa shape index (κ1) is 15.3. The molecule has 3 aromatic rings. The maximum Gasteiger partial charge on any atom is 0.289 e. The summed E-state index contributed by atoms with van der Waals surface area (Å²) in [5.74, 6) is -0.781. The molecule has 6 heteroatoms. The average Bonchev–Trinajstić information content (AvgIpc) is 3.08. The SMILES string of the molecule is O=C(N/N=C/c1ccccc1F)c1[nH]nc2c1CCc1ccccc1-2. The molecule has 4 rings (SSSR count). The number of nitrogens with one attached hydrogen (secondary N) is 2. The van der Waals surface area contributed by atoms with E-state index in [1.165, 1.54) is 17.8 Å². The van der Waals surface area contributed by atoms with Gasteiger partial charge in [-0.3, -0.25) is 9.89 Å². The molecule has 2 aromatic carbocycles. The zero-order valence-electron chi connectivity index (χ0n) is 13.3. The van der Waals surface area contributed by atoms with Gasteiger partial charge in [-0.25, -0.2) is 9.82 Å². The standard InChI is InChI=1S/C19H15FN4O/c20-16-8-4-2-6-13(16)11-21-24-19(25)18-15-10-9-12-5-1-3-7-14(12)17(15)22-23-18/h1-8,11H,9-10H2,(H,22,23)(H,24,25)/b21-11+. The zero-order chi connectivity index (χ0) is 17.2. The third-order valence-corrected chi connectivity index (χ3v) is 4.29. The molecule has 0 bridgehead atoms. The highest BCUT2D eigenvalue weighted by Crippen LogP contribution is 2.33. The van der Waals surface area contributed by atoms with E-state index >= 15 is 0 Å². The second kappa shape index (κ2) is 6.32. The van der Waals surface area contributed by atoms with E-state index in [-0.39, 0.29) is 5.91 Å². The summed E-state index contributed by atoms with van der Waals surface area (Å²) in [5, 5.41) is 10.9. The van der Waals surface area contributed by atoms with Crippen molar-refractivity contribution in [1.82, 2.24) is 15.6 Å². The first-order chi connectivity index (χ1) is 12.2. The molecule has 1 aliphatic rings. The Morgan fingerprint density at radius 1 is 1.16 bits per heavy atom. The van der Waals surface area contributed by atoms with E-state index < -0.39 is 5.82 Å². The number of fused-ring (bicyclic) bond motifs is 3. The normalized spacial score (nSPS) is 12.7. The van der Waals surface area contributed by atoms with Crippen LogP contribution >= 0.6 is 0 Å². The van der Waals surface area contributed by atoms with E-state index in [0.717, 1.165) is 29.7 Å². The molecule has 0 unspecified atom stereocenters. The number of carbonyl (C=O) groups is 1. The third-order valence-electron chi connectivity index (χ3n) is 4.29. The fraction of sp³-hybridized carbons (Fsp3) is 0.105. The highest BCUT2D eigenvalue weighted by atomic mass is 19.1. The van der Waals surface area contributed by atoms with Crippen molar-refractivity contribution in [2.75, 3.05) is 0 Å². The van der Waals surface area contributed by atoms with E-state index in [0.29, 0.717) is 11.3 Å². The number of H-pyrrole nitrogens is 1. The van der Waals surface area contributed by atoms with Gasteiger partial charge in [0.15, 0.2) is 0 Å². The number of aromatic nitrogens is 2. The molecule has 0 spiro atoms. The van der Waals surface area contributed by atoms with Gasteiger partial charge in [0.05, 0.1) is 11.9 Å². The monoisotopic (exact) mass is 334 g/mol. The number of halogens is 1. The Morgan fingerprint density at radius 3 is 2.84 bits per heavy atom. The van der Waals surface area contributed by atoms with Crippen LogP contribution in [-0.2, 0) is 12.8 Å². The number of benzene rings is 2. The Balaban J connectivity index is 1.55. The molecule has 25 heavy (non-hydrogen) atoms. The van der Waals surface area contributed by atoms with Crippen LogP contribution in [0.3, 0.4) is 0 Å². The van der Waals surface area contributed by atoms with E-state index in [9.17, 15) is 9.18 Å². The van der Waals surface area contributed by atoms with Gasteiger partial charge in [0, 0.05) is 16.7 Å². The fourth-order valence-corrected chi connectivity index (χ4v) is 3.04. The summed E-state index contributed by atoms with van der Waals surface area (Å²) in [4.78, 5) is 12.4. The van der Waals surface area contributed by atoms with Crippen LogP contribution in [-0.4, -0.2) is 22.3 Å². The van der Waals surface area contributed by atoms with Crippen molar-refractivity contribution in [3.05, 3.63) is 76.7 Å². The molecule has 1 heterocycles. The lowest BCUT2D eigenvalue weighted by Crippen LogP contribution is -2.20. The summed E-state index contributed by atoms with van der Waals surface area (Å²) in [6, 6.07) is 14.3. The molecule has 0 fully saturated rings. The average molecular weight is 334 g/mol. The summed E-state index contributed by atoms with van der Waals surface area (Å²) in [6.07, 6.45) is 2.88. The van der Waals surface area contributed by atoms with Crippen LogP contribution in [0.25, 0.3) is 11.3 Å². The summed E-state index contributed by atoms with van der Waals surface area (Å²) >= 11 is 0. The maximum absolute atomic E-state index is 13.5. The van der Waals surface area contributed by atoms with Crippen LogP contribution in [0.15, 0.2) is 53.6 Å². The van der Waals surface area contributed by atoms with Crippen molar-refractivity contribution in [1.29, 1.82) is 0 Å². The molecule has 0 saturated carbocycles. The van der Waals surface area contributed by atoms with Crippen molar-refractivity contribution in [2.24, 2.45) is 5.10 Å². The molecular weight excluding hydrogens is 319 g/mol. The number of hydrogen-bond donors (Lipinski definition) is 2. The second-order valence-electron chi connectivity index (χ2n) is 5.80. The lowest BCUT2D eigenvalue weighted by atomic mass is 9.89. The fourth-order valence-electron chi connectivity index (χ4n) is 3.04. The minimum absolute atomic E-state index is 0.309. The van der Waals surface area contributed by atoms with Gasteiger partial charge in [-0.1, -0.05) is 42.5 Å². The van der Waals surface area contributed by atoms with Gasteiger partial charge >= 0.3 is 0 Å². The molecule has 5 nitrogen and oxygen atoms in total. The largest absolute Gasteiger partial charge is 0.289 e. The molecule has 1 amide bonds. The molecule has 124 valence electrons. The molecular formula is C19H15FN4O. The Morgan fingerprint density at radius 2 is 1.96 bits per heavy atom. The van der Waals surface area contributed by atoms with Crippen molar-refractivity contribution in [2.45, 2.75) is 12.8 Å². The minimum Gasteiger partial charge on any atom is -0.272 e. The first-order valence-electron chi connectivity index (χ1n) is 7.97. The molecule has 0 aliphatic heterocycles. The predicted molar refractivity (Wildman–Crippen MR) is 92.9 cm³/mol. The molecule has 2 N–H and O–H groups in total. The van der Waals surface area contributed by atoms with Gasteiger partial charge in [0.2, 0.25) is 0 Å². The lowest BCUT2D eigenvalue weighted by Gasteiger charge is -2.15. The molecule has 0 radical (unpaired) electrons. The highest BCUT2D eigenvalue weighted by molar-refractivity contribution is 5.96. The van der Waals surface area contributed by atoms with Crippen LogP contribution in [0.1, 0.15) is 27.2 Å². The summed E-state index contributed by atoms with van der Waals surface area (Å²) in [6.45, 7) is 0. The minimum atomic E-state index is -0.393. The van der Waals surface area contributed by atoms with Crippen LogP contribution < -0.4 is 5.43 Å². The van der Waals surface area contributed by atoms with Gasteiger partial charge in [-0.2, -0.15) is 10.2 Å². The Labute approximate surface area is 143 Å². The summed E-state index contributed by atoms with van der Waals surface area (Å²) < 4.78 is 13.5. The van der Waals surface area contributed by atoms with Crippen LogP contribution in [0.4, 0.5) is 4.39 Å². The maximum atomic E-state index is 13.5. The van der Waals surface area contributed by atoms with Gasteiger partial charge in [0.1, 0.15) is 11.5 Å². The van der Waals surface area contributed by atoms with Crippen LogP contribution in [0, 0.1) is 5.82 Å². The van der Waals surface area contributed by atoms with Crippen molar-refractivity contribution in [3.63, 3.8) is 0 Å². The van der Waals surface area contributed by atoms with Crippen molar-refractivity contribution < 1.29 is 9.18 Å². The van der Waals surface area contributed by atoms with E-state index in [1.54, 1.807) is 18.2 Å². The number of amides is 1. The Bertz CT molecular complexity index is 977. The number of carbonyl (C=O) groups excluding carboxylic acids is 1. The van der Waals surface area contributed by atoms with Gasteiger partial charge in [-0.15, -0.1) is 0 Å². The van der Waals surface area contributed by atoms with Crippen LogP contribution in [0.5, 0.6) is 0 Å². The number of aromatic amines is 1.